The summed E-state index contributed by atoms with van der Waals surface area (Å²) in [5.41, 5.74) is 3.06. The fraction of sp³-hybridized carbons (Fsp3) is 0.333. The Hall–Kier alpha value is -1.90. The van der Waals surface area contributed by atoms with Crippen LogP contribution in [-0.4, -0.2) is 15.6 Å². The highest BCUT2D eigenvalue weighted by atomic mass is 16.1. The maximum atomic E-state index is 12.0. The van der Waals surface area contributed by atoms with Crippen LogP contribution < -0.4 is 0 Å². The largest absolute Gasteiger partial charge is 0.292 e. The van der Waals surface area contributed by atoms with Gasteiger partial charge < -0.3 is 0 Å². The molecule has 94 valence electrons. The zero-order chi connectivity index (χ0) is 13.1. The SMILES string of the molecule is Cc1cnn(CC(=O)c2ccc(C(C)C)cc2)c1. The van der Waals surface area contributed by atoms with Crippen LogP contribution >= 0.6 is 0 Å². The highest BCUT2D eigenvalue weighted by molar-refractivity contribution is 5.95. The Morgan fingerprint density at radius 1 is 1.28 bits per heavy atom. The van der Waals surface area contributed by atoms with Crippen LogP contribution in [0.25, 0.3) is 0 Å². The standard InChI is InChI=1S/C15H18N2O/c1-11(2)13-4-6-14(7-5-13)15(18)10-17-9-12(3)8-16-17/h4-9,11H,10H2,1-3H3. The number of carbonyl (C=O) groups excluding carboxylic acids is 1. The van der Waals surface area contributed by atoms with Crippen molar-refractivity contribution >= 4 is 5.78 Å². The number of benzene rings is 1. The molecule has 0 saturated carbocycles. The average molecular weight is 242 g/mol. The third kappa shape index (κ3) is 2.86. The van der Waals surface area contributed by atoms with Gasteiger partial charge in [0.15, 0.2) is 5.78 Å². The molecule has 0 bridgehead atoms. The normalized spacial score (nSPS) is 10.9. The molecule has 1 heterocycles. The molecule has 0 saturated heterocycles. The topological polar surface area (TPSA) is 34.9 Å². The lowest BCUT2D eigenvalue weighted by Crippen LogP contribution is -2.10. The molecule has 0 spiro atoms. The first-order valence-electron chi connectivity index (χ1n) is 6.18. The van der Waals surface area contributed by atoms with Gasteiger partial charge in [-0.3, -0.25) is 9.48 Å². The van der Waals surface area contributed by atoms with E-state index in [0.717, 1.165) is 11.1 Å². The van der Waals surface area contributed by atoms with Crippen molar-refractivity contribution in [1.82, 2.24) is 9.78 Å². The predicted molar refractivity (Wildman–Crippen MR) is 71.8 cm³/mol. The molecule has 0 aliphatic rings. The molecular weight excluding hydrogens is 224 g/mol. The monoisotopic (exact) mass is 242 g/mol. The second-order valence-corrected chi connectivity index (χ2v) is 4.92. The molecule has 0 aliphatic carbocycles. The summed E-state index contributed by atoms with van der Waals surface area (Å²) in [4.78, 5) is 12.0. The Morgan fingerprint density at radius 2 is 1.94 bits per heavy atom. The molecule has 0 N–H and O–H groups in total. The van der Waals surface area contributed by atoms with Crippen molar-refractivity contribution in [3.8, 4) is 0 Å². The van der Waals surface area contributed by atoms with Gasteiger partial charge in [-0.15, -0.1) is 0 Å². The van der Waals surface area contributed by atoms with Gasteiger partial charge in [0.25, 0.3) is 0 Å². The molecule has 0 amide bonds. The van der Waals surface area contributed by atoms with E-state index in [1.807, 2.05) is 37.4 Å². The van der Waals surface area contributed by atoms with Gasteiger partial charge in [-0.1, -0.05) is 38.1 Å². The molecule has 1 aromatic carbocycles. The van der Waals surface area contributed by atoms with E-state index in [0.29, 0.717) is 12.5 Å². The van der Waals surface area contributed by atoms with Crippen LogP contribution in [0.15, 0.2) is 36.7 Å². The van der Waals surface area contributed by atoms with Gasteiger partial charge in [0.05, 0.1) is 6.20 Å². The minimum Gasteiger partial charge on any atom is -0.292 e. The van der Waals surface area contributed by atoms with Gasteiger partial charge >= 0.3 is 0 Å². The highest BCUT2D eigenvalue weighted by Crippen LogP contribution is 2.15. The van der Waals surface area contributed by atoms with E-state index >= 15 is 0 Å². The molecule has 0 aliphatic heterocycles. The first kappa shape index (κ1) is 12.6. The lowest BCUT2D eigenvalue weighted by atomic mass is 10.0. The van der Waals surface area contributed by atoms with Crippen LogP contribution in [0.3, 0.4) is 0 Å². The summed E-state index contributed by atoms with van der Waals surface area (Å²) in [5.74, 6) is 0.580. The lowest BCUT2D eigenvalue weighted by molar-refractivity contribution is 0.0967. The Bertz CT molecular complexity index is 538. The number of nitrogens with zero attached hydrogens (tertiary/aromatic N) is 2. The second kappa shape index (κ2) is 5.17. The maximum absolute atomic E-state index is 12.0. The van der Waals surface area contributed by atoms with Gasteiger partial charge in [0, 0.05) is 11.8 Å². The quantitative estimate of drug-likeness (QED) is 0.772. The van der Waals surface area contributed by atoms with Crippen LogP contribution in [0.5, 0.6) is 0 Å². The Morgan fingerprint density at radius 3 is 2.44 bits per heavy atom. The first-order valence-corrected chi connectivity index (χ1v) is 6.18. The van der Waals surface area contributed by atoms with Crippen molar-refractivity contribution in [2.45, 2.75) is 33.2 Å². The highest BCUT2D eigenvalue weighted by Gasteiger charge is 2.08. The van der Waals surface area contributed by atoms with Crippen LogP contribution in [0.1, 0.15) is 41.3 Å². The second-order valence-electron chi connectivity index (χ2n) is 4.92. The summed E-state index contributed by atoms with van der Waals surface area (Å²) >= 11 is 0. The fourth-order valence-corrected chi connectivity index (χ4v) is 1.85. The fourth-order valence-electron chi connectivity index (χ4n) is 1.85. The van der Waals surface area contributed by atoms with Crippen molar-refractivity contribution in [3.05, 3.63) is 53.3 Å². The van der Waals surface area contributed by atoms with Crippen molar-refractivity contribution < 1.29 is 4.79 Å². The molecule has 0 radical (unpaired) electrons. The predicted octanol–water partition coefficient (Wildman–Crippen LogP) is 3.20. The minimum absolute atomic E-state index is 0.0911. The number of carbonyl (C=O) groups is 1. The molecule has 2 aromatic rings. The number of hydrogen-bond acceptors (Lipinski definition) is 2. The summed E-state index contributed by atoms with van der Waals surface area (Å²) < 4.78 is 1.67. The van der Waals surface area contributed by atoms with E-state index in [1.165, 1.54) is 5.56 Å². The molecule has 0 unspecified atom stereocenters. The number of ketones is 1. The van der Waals surface area contributed by atoms with Crippen LogP contribution in [0.2, 0.25) is 0 Å². The van der Waals surface area contributed by atoms with E-state index in [1.54, 1.807) is 10.9 Å². The Balaban J connectivity index is 2.09. The Labute approximate surface area is 107 Å². The third-order valence-electron chi connectivity index (χ3n) is 2.97. The van der Waals surface area contributed by atoms with Gasteiger partial charge in [0.2, 0.25) is 0 Å². The summed E-state index contributed by atoms with van der Waals surface area (Å²) in [7, 11) is 0. The van der Waals surface area contributed by atoms with Gasteiger partial charge in [-0.05, 0) is 24.0 Å². The summed E-state index contributed by atoms with van der Waals surface area (Å²) in [6, 6.07) is 7.83. The average Bonchev–Trinajstić information content (AvgIpc) is 2.75. The summed E-state index contributed by atoms with van der Waals surface area (Å²) in [6.07, 6.45) is 3.63. The lowest BCUT2D eigenvalue weighted by Gasteiger charge is -2.06. The van der Waals surface area contributed by atoms with Crippen LogP contribution in [0.4, 0.5) is 0 Å². The molecule has 0 fully saturated rings. The summed E-state index contributed by atoms with van der Waals surface area (Å²) in [5, 5.41) is 4.12. The third-order valence-corrected chi connectivity index (χ3v) is 2.97. The Kier molecular flexibility index (Phi) is 3.60. The van der Waals surface area contributed by atoms with E-state index in [4.69, 9.17) is 0 Å². The minimum atomic E-state index is 0.0911. The number of rotatable bonds is 4. The van der Waals surface area contributed by atoms with Crippen LogP contribution in [0, 0.1) is 6.92 Å². The van der Waals surface area contributed by atoms with E-state index < -0.39 is 0 Å². The van der Waals surface area contributed by atoms with Crippen LogP contribution in [-0.2, 0) is 6.54 Å². The molecule has 3 heteroatoms. The van der Waals surface area contributed by atoms with Crippen molar-refractivity contribution in [3.63, 3.8) is 0 Å². The summed E-state index contributed by atoms with van der Waals surface area (Å²) in [6.45, 7) is 6.55. The molecule has 2 rings (SSSR count). The number of aryl methyl sites for hydroxylation is 1. The number of aromatic nitrogens is 2. The van der Waals surface area contributed by atoms with E-state index in [2.05, 4.69) is 18.9 Å². The smallest absolute Gasteiger partial charge is 0.184 e. The van der Waals surface area contributed by atoms with Gasteiger partial charge in [-0.2, -0.15) is 5.10 Å². The molecule has 3 nitrogen and oxygen atoms in total. The first-order chi connectivity index (χ1) is 8.56. The molecular formula is C15H18N2O. The zero-order valence-electron chi connectivity index (χ0n) is 11.1. The van der Waals surface area contributed by atoms with Gasteiger partial charge in [-0.25, -0.2) is 0 Å². The molecule has 1 aromatic heterocycles. The van der Waals surface area contributed by atoms with Gasteiger partial charge in [0.1, 0.15) is 6.54 Å². The number of Topliss-reactive ketones (excluding diaryl/α,β-unsaturated/α-hetero) is 1. The van der Waals surface area contributed by atoms with E-state index in [-0.39, 0.29) is 5.78 Å². The van der Waals surface area contributed by atoms with Crippen molar-refractivity contribution in [2.75, 3.05) is 0 Å². The van der Waals surface area contributed by atoms with E-state index in [9.17, 15) is 4.79 Å². The van der Waals surface area contributed by atoms with Crippen molar-refractivity contribution in [2.24, 2.45) is 0 Å². The number of hydrogen-bond donors (Lipinski definition) is 0. The molecule has 0 atom stereocenters. The zero-order valence-corrected chi connectivity index (χ0v) is 11.1. The molecule has 18 heavy (non-hydrogen) atoms. The van der Waals surface area contributed by atoms with Crippen molar-refractivity contribution in [1.29, 1.82) is 0 Å². The maximum Gasteiger partial charge on any atom is 0.184 e.